The quantitative estimate of drug-likeness (QED) is 0.605. The van der Waals surface area contributed by atoms with E-state index in [2.05, 4.69) is 5.32 Å². The lowest BCUT2D eigenvalue weighted by atomic mass is 9.97. The van der Waals surface area contributed by atoms with Gasteiger partial charge in [-0.1, -0.05) is 42.5 Å². The number of hydrogen-bond donors (Lipinski definition) is 4. The predicted octanol–water partition coefficient (Wildman–Crippen LogP) is 1.47. The molecule has 2 unspecified atom stereocenters. The van der Waals surface area contributed by atoms with Crippen LogP contribution in [0, 0.1) is 0 Å². The number of likely N-dealkylation sites (tertiary alicyclic amines) is 1. The minimum absolute atomic E-state index is 0.0678. The number of aliphatic hydroxyl groups excluding tert-OH is 3. The number of carbonyl (C=O) groups is 1. The minimum atomic E-state index is -0.813. The molecule has 0 bridgehead atoms. The van der Waals surface area contributed by atoms with Gasteiger partial charge in [-0.3, -0.25) is 9.69 Å². The average Bonchev–Trinajstić information content (AvgIpc) is 2.71. The highest BCUT2D eigenvalue weighted by atomic mass is 16.3. The van der Waals surface area contributed by atoms with Gasteiger partial charge in [0.05, 0.1) is 24.9 Å². The van der Waals surface area contributed by atoms with E-state index >= 15 is 0 Å². The van der Waals surface area contributed by atoms with E-state index < -0.39 is 12.2 Å². The largest absolute Gasteiger partial charge is 0.395 e. The Bertz CT molecular complexity index is 766. The monoisotopic (exact) mass is 384 g/mol. The van der Waals surface area contributed by atoms with E-state index in [0.29, 0.717) is 25.1 Å². The highest BCUT2D eigenvalue weighted by Gasteiger charge is 2.33. The molecular formula is C22H28N2O4. The molecule has 1 saturated heterocycles. The lowest BCUT2D eigenvalue weighted by molar-refractivity contribution is -0.0735. The van der Waals surface area contributed by atoms with Gasteiger partial charge >= 0.3 is 0 Å². The number of hydrogen-bond acceptors (Lipinski definition) is 5. The van der Waals surface area contributed by atoms with Crippen molar-refractivity contribution in [1.82, 2.24) is 10.2 Å². The molecule has 2 aromatic carbocycles. The zero-order chi connectivity index (χ0) is 20.1. The summed E-state index contributed by atoms with van der Waals surface area (Å²) in [7, 11) is 0. The summed E-state index contributed by atoms with van der Waals surface area (Å²) in [6, 6.07) is 16.9. The van der Waals surface area contributed by atoms with Crippen LogP contribution in [0.15, 0.2) is 54.6 Å². The normalized spacial score (nSPS) is 23.9. The third-order valence-electron chi connectivity index (χ3n) is 5.36. The van der Waals surface area contributed by atoms with Gasteiger partial charge in [0.2, 0.25) is 0 Å². The topological polar surface area (TPSA) is 93.0 Å². The number of benzene rings is 2. The molecule has 1 fully saturated rings. The van der Waals surface area contributed by atoms with Crippen LogP contribution in [0.25, 0.3) is 0 Å². The van der Waals surface area contributed by atoms with Crippen molar-refractivity contribution in [2.24, 2.45) is 0 Å². The van der Waals surface area contributed by atoms with E-state index in [4.69, 9.17) is 0 Å². The Morgan fingerprint density at radius 3 is 2.43 bits per heavy atom. The molecule has 0 saturated carbocycles. The van der Waals surface area contributed by atoms with E-state index in [9.17, 15) is 20.1 Å². The van der Waals surface area contributed by atoms with Gasteiger partial charge in [-0.05, 0) is 36.6 Å². The summed E-state index contributed by atoms with van der Waals surface area (Å²) in [5.41, 5.74) is 2.61. The van der Waals surface area contributed by atoms with Crippen LogP contribution in [0.4, 0.5) is 0 Å². The molecule has 0 aromatic heterocycles. The summed E-state index contributed by atoms with van der Waals surface area (Å²) < 4.78 is 0. The predicted molar refractivity (Wildman–Crippen MR) is 107 cm³/mol. The van der Waals surface area contributed by atoms with Gasteiger partial charge in [-0.2, -0.15) is 0 Å². The second-order valence-corrected chi connectivity index (χ2v) is 7.44. The number of β-amino-alcohol motifs (C(OH)–C–C–N with tert-alkyl or cyclic N) is 1. The fraction of sp³-hybridized carbons (Fsp3) is 0.409. The van der Waals surface area contributed by atoms with Crippen LogP contribution in [-0.2, 0) is 6.54 Å². The molecule has 0 aliphatic carbocycles. The van der Waals surface area contributed by atoms with Crippen molar-refractivity contribution in [2.75, 3.05) is 13.2 Å². The highest BCUT2D eigenvalue weighted by molar-refractivity contribution is 5.94. The number of nitrogens with one attached hydrogen (secondary N) is 1. The van der Waals surface area contributed by atoms with Gasteiger partial charge in [-0.15, -0.1) is 0 Å². The van der Waals surface area contributed by atoms with Crippen LogP contribution >= 0.6 is 0 Å². The maximum absolute atomic E-state index is 12.5. The lowest BCUT2D eigenvalue weighted by Gasteiger charge is -2.39. The zero-order valence-corrected chi connectivity index (χ0v) is 16.0. The summed E-state index contributed by atoms with van der Waals surface area (Å²) >= 11 is 0. The number of amides is 1. The standard InChI is InChI=1S/C22H28N2O4/c1-15(17-5-3-2-4-6-17)23-22(28)18-9-7-16(8-10-18)12-24-13-21(27)20(26)11-19(24)14-25/h2-10,15,19-21,25-27H,11-14H2,1H3,(H,23,28)/t15?,19-,20?,21+/m1/s1. The molecule has 1 heterocycles. The van der Waals surface area contributed by atoms with Gasteiger partial charge in [0.25, 0.3) is 5.91 Å². The molecule has 6 nitrogen and oxygen atoms in total. The van der Waals surface area contributed by atoms with Crippen molar-refractivity contribution in [3.05, 3.63) is 71.3 Å². The fourth-order valence-corrected chi connectivity index (χ4v) is 3.58. The molecule has 1 aliphatic rings. The zero-order valence-electron chi connectivity index (χ0n) is 16.0. The molecule has 150 valence electrons. The summed E-state index contributed by atoms with van der Waals surface area (Å²) in [6.07, 6.45) is -1.27. The molecule has 0 spiro atoms. The van der Waals surface area contributed by atoms with Crippen molar-refractivity contribution in [3.8, 4) is 0 Å². The molecule has 28 heavy (non-hydrogen) atoms. The average molecular weight is 384 g/mol. The van der Waals surface area contributed by atoms with Crippen LogP contribution in [0.3, 0.4) is 0 Å². The third-order valence-corrected chi connectivity index (χ3v) is 5.36. The summed E-state index contributed by atoms with van der Waals surface area (Å²) in [6.45, 7) is 2.73. The maximum Gasteiger partial charge on any atom is 0.251 e. The molecule has 3 rings (SSSR count). The summed E-state index contributed by atoms with van der Waals surface area (Å²) in [5, 5.41) is 32.2. The minimum Gasteiger partial charge on any atom is -0.395 e. The Morgan fingerprint density at radius 1 is 1.11 bits per heavy atom. The van der Waals surface area contributed by atoms with E-state index in [1.54, 1.807) is 12.1 Å². The van der Waals surface area contributed by atoms with Crippen LogP contribution in [0.5, 0.6) is 0 Å². The Kier molecular flexibility index (Phi) is 6.80. The highest BCUT2D eigenvalue weighted by Crippen LogP contribution is 2.21. The molecule has 4 N–H and O–H groups in total. The summed E-state index contributed by atoms with van der Waals surface area (Å²) in [5.74, 6) is -0.132. The van der Waals surface area contributed by atoms with E-state index in [0.717, 1.165) is 11.1 Å². The lowest BCUT2D eigenvalue weighted by Crippen LogP contribution is -2.53. The first kappa shape index (κ1) is 20.5. The molecule has 1 amide bonds. The van der Waals surface area contributed by atoms with Crippen molar-refractivity contribution in [2.45, 2.75) is 44.2 Å². The smallest absolute Gasteiger partial charge is 0.251 e. The number of nitrogens with zero attached hydrogens (tertiary/aromatic N) is 1. The number of piperidine rings is 1. The van der Waals surface area contributed by atoms with E-state index in [1.807, 2.05) is 54.3 Å². The molecule has 0 radical (unpaired) electrons. The first-order chi connectivity index (χ1) is 13.5. The Balaban J connectivity index is 1.60. The van der Waals surface area contributed by atoms with Crippen LogP contribution in [0.1, 0.15) is 40.9 Å². The van der Waals surface area contributed by atoms with Gasteiger partial charge in [0, 0.05) is 24.7 Å². The molecule has 4 atom stereocenters. The second-order valence-electron chi connectivity index (χ2n) is 7.44. The number of aliphatic hydroxyl groups is 3. The molecule has 2 aromatic rings. The van der Waals surface area contributed by atoms with E-state index in [-0.39, 0.29) is 24.6 Å². The number of carbonyl (C=O) groups excluding carboxylic acids is 1. The first-order valence-electron chi connectivity index (χ1n) is 9.63. The maximum atomic E-state index is 12.5. The van der Waals surface area contributed by atoms with Gasteiger partial charge in [0.1, 0.15) is 0 Å². The van der Waals surface area contributed by atoms with Crippen molar-refractivity contribution in [3.63, 3.8) is 0 Å². The van der Waals surface area contributed by atoms with Crippen LogP contribution in [-0.4, -0.2) is 57.5 Å². The Hall–Kier alpha value is -2.25. The SMILES string of the molecule is CC(NC(=O)c1ccc(CN2C[C@H](O)C(O)C[C@@H]2CO)cc1)c1ccccc1. The van der Waals surface area contributed by atoms with Crippen LogP contribution in [0.2, 0.25) is 0 Å². The Labute approximate surface area is 165 Å². The van der Waals surface area contributed by atoms with Gasteiger partial charge in [-0.25, -0.2) is 0 Å². The van der Waals surface area contributed by atoms with Crippen LogP contribution < -0.4 is 5.32 Å². The fourth-order valence-electron chi connectivity index (χ4n) is 3.58. The van der Waals surface area contributed by atoms with Crippen molar-refractivity contribution < 1.29 is 20.1 Å². The third kappa shape index (κ3) is 4.97. The molecule has 6 heteroatoms. The van der Waals surface area contributed by atoms with Gasteiger partial charge in [0.15, 0.2) is 0 Å². The number of rotatable bonds is 6. The first-order valence-corrected chi connectivity index (χ1v) is 9.63. The van der Waals surface area contributed by atoms with Gasteiger partial charge < -0.3 is 20.6 Å². The van der Waals surface area contributed by atoms with Crippen molar-refractivity contribution >= 4 is 5.91 Å². The molecule has 1 aliphatic heterocycles. The summed E-state index contributed by atoms with van der Waals surface area (Å²) in [4.78, 5) is 14.5. The second kappa shape index (κ2) is 9.30. The Morgan fingerprint density at radius 2 is 1.79 bits per heavy atom. The van der Waals surface area contributed by atoms with Crippen molar-refractivity contribution in [1.29, 1.82) is 0 Å². The van der Waals surface area contributed by atoms with E-state index in [1.165, 1.54) is 0 Å². The molecular weight excluding hydrogens is 356 g/mol.